The highest BCUT2D eigenvalue weighted by Crippen LogP contribution is 2.01. The number of hydrogen-bond acceptors (Lipinski definition) is 3. The Hall–Kier alpha value is -1.54. The van der Waals surface area contributed by atoms with Crippen molar-refractivity contribution in [3.05, 3.63) is 0 Å². The van der Waals surface area contributed by atoms with E-state index in [4.69, 9.17) is 11.5 Å². The molecule has 0 heterocycles. The maximum atomic E-state index is 11.6. The minimum absolute atomic E-state index is 0.146. The number of rotatable bonds is 5. The molecule has 0 aromatic heterocycles. The molecule has 0 saturated carbocycles. The third-order valence-corrected chi connectivity index (χ3v) is 1.98. The van der Waals surface area contributed by atoms with Gasteiger partial charge in [-0.2, -0.15) is 0 Å². The van der Waals surface area contributed by atoms with Crippen LogP contribution in [0.3, 0.4) is 0 Å². The van der Waals surface area contributed by atoms with Crippen molar-refractivity contribution >= 4 is 11.9 Å². The average molecular weight is 212 g/mol. The Morgan fingerprint density at radius 2 is 2.00 bits per heavy atom. The predicted octanol–water partition coefficient (Wildman–Crippen LogP) is -0.517. The van der Waals surface area contributed by atoms with Gasteiger partial charge in [0, 0.05) is 14.1 Å². The lowest BCUT2D eigenvalue weighted by atomic mass is 10.2. The van der Waals surface area contributed by atoms with E-state index in [0.29, 0.717) is 0 Å². The first-order chi connectivity index (χ1) is 6.90. The Morgan fingerprint density at radius 1 is 1.47 bits per heavy atom. The molecule has 0 aliphatic rings. The highest BCUT2D eigenvalue weighted by molar-refractivity contribution is 5.81. The number of carboxylic acids is 1. The van der Waals surface area contributed by atoms with E-state index in [1.165, 1.54) is 9.80 Å². The second-order valence-electron chi connectivity index (χ2n) is 3.41. The highest BCUT2D eigenvalue weighted by atomic mass is 16.4. The van der Waals surface area contributed by atoms with Crippen LogP contribution in [0.15, 0.2) is 0 Å². The van der Waals surface area contributed by atoms with Crippen LogP contribution in [-0.4, -0.2) is 60.0 Å². The zero-order valence-corrected chi connectivity index (χ0v) is 9.23. The van der Waals surface area contributed by atoms with Crippen LogP contribution >= 0.6 is 0 Å². The smallest absolute Gasteiger partial charge is 0.317 e. The zero-order chi connectivity index (χ0) is 12.0. The summed E-state index contributed by atoms with van der Waals surface area (Å²) in [5.74, 6) is 1.18. The summed E-state index contributed by atoms with van der Waals surface area (Å²) in [4.78, 5) is 25.0. The Bertz CT molecular complexity index is 281. The van der Waals surface area contributed by atoms with Crippen molar-refractivity contribution < 1.29 is 14.7 Å². The highest BCUT2D eigenvalue weighted by Gasteiger charge is 2.23. The Labute approximate surface area is 89.7 Å². The molecule has 0 aliphatic carbocycles. The van der Waals surface area contributed by atoms with Crippen molar-refractivity contribution in [2.75, 3.05) is 27.2 Å². The number of carboxylic acid groups (broad SMARTS) is 1. The molecular weight excluding hydrogens is 196 g/mol. The SMILES string of the molecule is C#CCN(CC(=O)O)C(C)C(=O)N(C)C. The Morgan fingerprint density at radius 3 is 2.33 bits per heavy atom. The maximum absolute atomic E-state index is 11.6. The van der Waals surface area contributed by atoms with E-state index in [1.54, 1.807) is 21.0 Å². The second-order valence-corrected chi connectivity index (χ2v) is 3.41. The van der Waals surface area contributed by atoms with E-state index in [2.05, 4.69) is 5.92 Å². The topological polar surface area (TPSA) is 60.9 Å². The lowest BCUT2D eigenvalue weighted by molar-refractivity contribution is -0.141. The van der Waals surface area contributed by atoms with E-state index in [9.17, 15) is 9.59 Å². The molecule has 0 aromatic rings. The summed E-state index contributed by atoms with van der Waals surface area (Å²) < 4.78 is 0. The largest absolute Gasteiger partial charge is 0.480 e. The van der Waals surface area contributed by atoms with Gasteiger partial charge in [-0.3, -0.25) is 14.5 Å². The summed E-state index contributed by atoms with van der Waals surface area (Å²) in [6.45, 7) is 1.56. The van der Waals surface area contributed by atoms with Gasteiger partial charge >= 0.3 is 5.97 Å². The van der Waals surface area contributed by atoms with Crippen molar-refractivity contribution in [3.8, 4) is 12.3 Å². The van der Waals surface area contributed by atoms with Crippen molar-refractivity contribution in [2.45, 2.75) is 13.0 Å². The fourth-order valence-corrected chi connectivity index (χ4v) is 1.15. The van der Waals surface area contributed by atoms with Gasteiger partial charge in [-0.05, 0) is 6.92 Å². The normalized spacial score (nSPS) is 11.9. The van der Waals surface area contributed by atoms with Gasteiger partial charge in [0.2, 0.25) is 5.91 Å². The molecule has 1 unspecified atom stereocenters. The number of amides is 1. The van der Waals surface area contributed by atoms with Gasteiger partial charge in [-0.25, -0.2) is 0 Å². The summed E-state index contributed by atoms with van der Waals surface area (Å²) in [5, 5.41) is 8.64. The molecular formula is C10H16N2O3. The molecule has 0 radical (unpaired) electrons. The molecule has 1 N–H and O–H groups in total. The molecule has 0 aliphatic heterocycles. The molecule has 0 bridgehead atoms. The maximum Gasteiger partial charge on any atom is 0.317 e. The number of hydrogen-bond donors (Lipinski definition) is 1. The lowest BCUT2D eigenvalue weighted by Crippen LogP contribution is -2.46. The molecule has 1 amide bonds. The first-order valence-electron chi connectivity index (χ1n) is 4.50. The van der Waals surface area contributed by atoms with Crippen LogP contribution in [0.1, 0.15) is 6.92 Å². The van der Waals surface area contributed by atoms with Gasteiger partial charge < -0.3 is 10.0 Å². The van der Waals surface area contributed by atoms with Crippen molar-refractivity contribution in [1.82, 2.24) is 9.80 Å². The summed E-state index contributed by atoms with van der Waals surface area (Å²) in [7, 11) is 3.24. The molecule has 5 heteroatoms. The van der Waals surface area contributed by atoms with Crippen LogP contribution in [0.2, 0.25) is 0 Å². The van der Waals surface area contributed by atoms with E-state index < -0.39 is 12.0 Å². The van der Waals surface area contributed by atoms with E-state index >= 15 is 0 Å². The third kappa shape index (κ3) is 4.47. The van der Waals surface area contributed by atoms with Gasteiger partial charge in [-0.1, -0.05) is 5.92 Å². The number of carbonyl (C=O) groups excluding carboxylic acids is 1. The quantitative estimate of drug-likeness (QED) is 0.623. The van der Waals surface area contributed by atoms with Crippen LogP contribution in [-0.2, 0) is 9.59 Å². The van der Waals surface area contributed by atoms with Gasteiger partial charge in [0.05, 0.1) is 19.1 Å². The standard InChI is InChI=1S/C10H16N2O3/c1-5-6-12(7-9(13)14)8(2)10(15)11(3)4/h1,8H,6-7H2,2-4H3,(H,13,14). The Kier molecular flexibility index (Phi) is 5.42. The van der Waals surface area contributed by atoms with E-state index in [0.717, 1.165) is 0 Å². The minimum atomic E-state index is -0.997. The second kappa shape index (κ2) is 6.04. The van der Waals surface area contributed by atoms with Crippen molar-refractivity contribution in [1.29, 1.82) is 0 Å². The third-order valence-electron chi connectivity index (χ3n) is 1.98. The van der Waals surface area contributed by atoms with Crippen molar-refractivity contribution in [3.63, 3.8) is 0 Å². The molecule has 0 rings (SSSR count). The summed E-state index contributed by atoms with van der Waals surface area (Å²) in [5.41, 5.74) is 0. The van der Waals surface area contributed by atoms with E-state index in [1.807, 2.05) is 0 Å². The number of nitrogens with zero attached hydrogens (tertiary/aromatic N) is 2. The summed E-state index contributed by atoms with van der Waals surface area (Å²) in [6.07, 6.45) is 5.11. The van der Waals surface area contributed by atoms with Gasteiger partial charge in [0.1, 0.15) is 0 Å². The number of likely N-dealkylation sites (N-methyl/N-ethyl adjacent to an activating group) is 1. The molecule has 5 nitrogen and oxygen atoms in total. The monoisotopic (exact) mass is 212 g/mol. The van der Waals surface area contributed by atoms with Crippen molar-refractivity contribution in [2.24, 2.45) is 0 Å². The summed E-state index contributed by atoms with van der Waals surface area (Å²) >= 11 is 0. The number of carbonyl (C=O) groups is 2. The number of aliphatic carboxylic acids is 1. The van der Waals surface area contributed by atoms with Crippen LogP contribution < -0.4 is 0 Å². The fourth-order valence-electron chi connectivity index (χ4n) is 1.15. The molecule has 0 fully saturated rings. The molecule has 0 saturated heterocycles. The van der Waals surface area contributed by atoms with Crippen LogP contribution in [0.4, 0.5) is 0 Å². The minimum Gasteiger partial charge on any atom is -0.480 e. The molecule has 0 aromatic carbocycles. The first kappa shape index (κ1) is 13.5. The fraction of sp³-hybridized carbons (Fsp3) is 0.600. The Balaban J connectivity index is 4.55. The zero-order valence-electron chi connectivity index (χ0n) is 9.23. The summed E-state index contributed by atoms with van der Waals surface area (Å²) in [6, 6.07) is -0.521. The average Bonchev–Trinajstić information content (AvgIpc) is 2.14. The van der Waals surface area contributed by atoms with Crippen LogP contribution in [0, 0.1) is 12.3 Å². The molecule has 0 spiro atoms. The van der Waals surface area contributed by atoms with Gasteiger partial charge in [-0.15, -0.1) is 6.42 Å². The number of terminal acetylenes is 1. The van der Waals surface area contributed by atoms with Gasteiger partial charge in [0.25, 0.3) is 0 Å². The molecule has 1 atom stereocenters. The van der Waals surface area contributed by atoms with Crippen LogP contribution in [0.5, 0.6) is 0 Å². The molecule has 15 heavy (non-hydrogen) atoms. The first-order valence-corrected chi connectivity index (χ1v) is 4.50. The van der Waals surface area contributed by atoms with Gasteiger partial charge in [0.15, 0.2) is 0 Å². The molecule has 84 valence electrons. The van der Waals surface area contributed by atoms with Crippen LogP contribution in [0.25, 0.3) is 0 Å². The predicted molar refractivity (Wildman–Crippen MR) is 56.2 cm³/mol. The lowest BCUT2D eigenvalue weighted by Gasteiger charge is -2.26. The van der Waals surface area contributed by atoms with E-state index in [-0.39, 0.29) is 19.0 Å².